The van der Waals surface area contributed by atoms with Crippen molar-refractivity contribution in [1.82, 2.24) is 0 Å². The average Bonchev–Trinajstić information content (AvgIpc) is 2.59. The smallest absolute Gasteiger partial charge is 0.422 e. The fraction of sp³-hybridized carbons (Fsp3) is 0.500. The van der Waals surface area contributed by atoms with Crippen molar-refractivity contribution in [2.24, 2.45) is 5.41 Å². The van der Waals surface area contributed by atoms with Gasteiger partial charge in [0.25, 0.3) is 0 Å². The third kappa shape index (κ3) is 6.26. The van der Waals surface area contributed by atoms with Gasteiger partial charge < -0.3 is 14.6 Å². The van der Waals surface area contributed by atoms with E-state index < -0.39 is 29.2 Å². The molecule has 0 saturated heterocycles. The van der Waals surface area contributed by atoms with Crippen molar-refractivity contribution in [1.29, 1.82) is 0 Å². The van der Waals surface area contributed by atoms with Gasteiger partial charge >= 0.3 is 17.9 Å². The Kier molecular flexibility index (Phi) is 8.85. The molecule has 1 aromatic carbocycles. The van der Waals surface area contributed by atoms with Crippen LogP contribution in [-0.4, -0.2) is 29.6 Å². The van der Waals surface area contributed by atoms with Crippen LogP contribution < -0.4 is 4.74 Å². The van der Waals surface area contributed by atoms with E-state index in [0.29, 0.717) is 6.42 Å². The van der Waals surface area contributed by atoms with Gasteiger partial charge in [-0.2, -0.15) is 0 Å². The zero-order valence-electron chi connectivity index (χ0n) is 15.2. The Morgan fingerprint density at radius 2 is 1.74 bits per heavy atom. The lowest BCUT2D eigenvalue weighted by molar-refractivity contribution is -0.158. The number of carbonyl (C=O) groups excluding carboxylic acids is 2. The minimum Gasteiger partial charge on any atom is -0.473 e. The molecule has 0 saturated carbocycles. The second-order valence-corrected chi connectivity index (χ2v) is 7.55. The molecule has 27 heavy (non-hydrogen) atoms. The Bertz CT molecular complexity index is 734. The van der Waals surface area contributed by atoms with Crippen LogP contribution in [0.1, 0.15) is 56.8 Å². The lowest BCUT2D eigenvalue weighted by Gasteiger charge is -2.27. The van der Waals surface area contributed by atoms with E-state index in [1.807, 2.05) is 0 Å². The van der Waals surface area contributed by atoms with E-state index in [0.717, 1.165) is 25.3 Å². The highest BCUT2D eigenvalue weighted by atomic mass is 35.5. The Morgan fingerprint density at radius 1 is 1.11 bits per heavy atom. The molecule has 150 valence electrons. The van der Waals surface area contributed by atoms with Gasteiger partial charge in [-0.15, -0.1) is 0 Å². The van der Waals surface area contributed by atoms with Crippen LogP contribution in [0.25, 0.3) is 0 Å². The number of halogens is 3. The molecule has 9 heteroatoms. The molecular weight excluding hydrogens is 419 g/mol. The van der Waals surface area contributed by atoms with Crippen LogP contribution in [0.3, 0.4) is 0 Å². The maximum atomic E-state index is 12.5. The standard InChI is InChI=1S/C18H21Cl3O6/c1-4-6-18(3,5-2)7-8-26-16(24)12-13(21)10(19)9-11(20)14(12)27-17(25)15(22)23/h9H,4-8H2,1-3H3,(H,22,23). The zero-order valence-corrected chi connectivity index (χ0v) is 17.5. The van der Waals surface area contributed by atoms with E-state index in [1.165, 1.54) is 0 Å². The first-order valence-corrected chi connectivity index (χ1v) is 9.49. The molecule has 0 spiro atoms. The number of benzene rings is 1. The molecule has 0 aliphatic carbocycles. The first-order valence-electron chi connectivity index (χ1n) is 8.36. The summed E-state index contributed by atoms with van der Waals surface area (Å²) in [7, 11) is 0. The van der Waals surface area contributed by atoms with Crippen molar-refractivity contribution in [3.05, 3.63) is 26.7 Å². The van der Waals surface area contributed by atoms with E-state index in [2.05, 4.69) is 25.5 Å². The van der Waals surface area contributed by atoms with Crippen molar-refractivity contribution in [3.8, 4) is 5.75 Å². The molecule has 1 atom stereocenters. The van der Waals surface area contributed by atoms with Crippen molar-refractivity contribution in [2.45, 2.75) is 46.5 Å². The van der Waals surface area contributed by atoms with Gasteiger partial charge in [0.2, 0.25) is 0 Å². The third-order valence-electron chi connectivity index (χ3n) is 4.35. The van der Waals surface area contributed by atoms with Gasteiger partial charge in [-0.3, -0.25) is 0 Å². The highest BCUT2D eigenvalue weighted by molar-refractivity contribution is 6.46. The molecule has 0 aliphatic rings. The van der Waals surface area contributed by atoms with Crippen LogP contribution in [0.15, 0.2) is 6.07 Å². The van der Waals surface area contributed by atoms with Crippen molar-refractivity contribution >= 4 is 52.7 Å². The molecule has 1 N–H and O–H groups in total. The Balaban J connectivity index is 3.07. The van der Waals surface area contributed by atoms with Gasteiger partial charge in [0, 0.05) is 0 Å². The van der Waals surface area contributed by atoms with E-state index in [-0.39, 0.29) is 27.1 Å². The summed E-state index contributed by atoms with van der Waals surface area (Å²) in [6.45, 7) is 6.36. The number of hydrogen-bond acceptors (Lipinski definition) is 5. The van der Waals surface area contributed by atoms with Crippen LogP contribution in [0, 0.1) is 5.41 Å². The van der Waals surface area contributed by atoms with Gasteiger partial charge in [0.1, 0.15) is 5.56 Å². The monoisotopic (exact) mass is 438 g/mol. The minimum absolute atomic E-state index is 0.0173. The molecule has 0 radical (unpaired) electrons. The maximum Gasteiger partial charge on any atom is 0.422 e. The number of carboxylic acid groups (broad SMARTS) is 1. The fourth-order valence-corrected chi connectivity index (χ4v) is 3.26. The molecular formula is C18H21Cl3O6. The number of rotatable bonds is 8. The third-order valence-corrected chi connectivity index (χ3v) is 5.41. The second kappa shape index (κ2) is 10.2. The van der Waals surface area contributed by atoms with Crippen LogP contribution in [0.4, 0.5) is 0 Å². The van der Waals surface area contributed by atoms with E-state index in [4.69, 9.17) is 44.6 Å². The highest BCUT2D eigenvalue weighted by Gasteiger charge is 2.28. The number of esters is 2. The highest BCUT2D eigenvalue weighted by Crippen LogP contribution is 2.40. The molecule has 0 aliphatic heterocycles. The number of hydrogen-bond donors (Lipinski definition) is 1. The molecule has 1 aromatic rings. The van der Waals surface area contributed by atoms with Gasteiger partial charge in [0.05, 0.1) is 21.7 Å². The van der Waals surface area contributed by atoms with Crippen molar-refractivity contribution < 1.29 is 29.0 Å². The first-order chi connectivity index (χ1) is 12.6. The molecule has 1 rings (SSSR count). The summed E-state index contributed by atoms with van der Waals surface area (Å²) in [4.78, 5) is 34.6. The van der Waals surface area contributed by atoms with Crippen LogP contribution in [0.5, 0.6) is 5.75 Å². The predicted octanol–water partition coefficient (Wildman–Crippen LogP) is 5.40. The predicted molar refractivity (Wildman–Crippen MR) is 103 cm³/mol. The summed E-state index contributed by atoms with van der Waals surface area (Å²) in [5.41, 5.74) is -0.374. The lowest BCUT2D eigenvalue weighted by Crippen LogP contribution is -2.22. The van der Waals surface area contributed by atoms with Crippen molar-refractivity contribution in [3.63, 3.8) is 0 Å². The van der Waals surface area contributed by atoms with Gasteiger partial charge in [-0.1, -0.05) is 68.4 Å². The zero-order chi connectivity index (χ0) is 20.8. The Morgan fingerprint density at radius 3 is 2.26 bits per heavy atom. The van der Waals surface area contributed by atoms with E-state index >= 15 is 0 Å². The fourth-order valence-electron chi connectivity index (χ4n) is 2.54. The van der Waals surface area contributed by atoms with Gasteiger partial charge in [0.15, 0.2) is 5.75 Å². The molecule has 1 unspecified atom stereocenters. The molecule has 0 aromatic heterocycles. The van der Waals surface area contributed by atoms with E-state index in [1.54, 1.807) is 0 Å². The van der Waals surface area contributed by atoms with Gasteiger partial charge in [-0.25, -0.2) is 14.4 Å². The van der Waals surface area contributed by atoms with Crippen LogP contribution in [0.2, 0.25) is 15.1 Å². The summed E-state index contributed by atoms with van der Waals surface area (Å²) in [5.74, 6) is -4.89. The second-order valence-electron chi connectivity index (χ2n) is 6.35. The van der Waals surface area contributed by atoms with Crippen LogP contribution >= 0.6 is 34.8 Å². The lowest BCUT2D eigenvalue weighted by atomic mass is 9.80. The summed E-state index contributed by atoms with van der Waals surface area (Å²) < 4.78 is 9.95. The normalized spacial score (nSPS) is 13.0. The maximum absolute atomic E-state index is 12.5. The molecule has 0 fully saturated rings. The largest absolute Gasteiger partial charge is 0.473 e. The summed E-state index contributed by atoms with van der Waals surface area (Å²) >= 11 is 17.9. The van der Waals surface area contributed by atoms with Crippen molar-refractivity contribution in [2.75, 3.05) is 6.61 Å². The first kappa shape index (κ1) is 23.5. The van der Waals surface area contributed by atoms with Crippen LogP contribution in [-0.2, 0) is 14.3 Å². The minimum atomic E-state index is -1.85. The number of ether oxygens (including phenoxy) is 2. The Labute approximate surface area is 172 Å². The molecule has 0 bridgehead atoms. The quantitative estimate of drug-likeness (QED) is 0.252. The van der Waals surface area contributed by atoms with Gasteiger partial charge in [-0.05, 0) is 24.3 Å². The summed E-state index contributed by atoms with van der Waals surface area (Å²) in [6.07, 6.45) is 3.53. The topological polar surface area (TPSA) is 89.9 Å². The number of aliphatic carboxylic acids is 1. The number of carbonyl (C=O) groups is 3. The molecule has 6 nitrogen and oxygen atoms in total. The Hall–Kier alpha value is -1.50. The van der Waals surface area contributed by atoms with E-state index in [9.17, 15) is 14.4 Å². The SMILES string of the molecule is CCCC(C)(CC)CCOC(=O)c1c(Cl)c(Cl)cc(Cl)c1OC(=O)C(=O)O. The molecule has 0 heterocycles. The molecule has 0 amide bonds. The summed E-state index contributed by atoms with van der Waals surface area (Å²) in [5, 5.41) is 8.16. The summed E-state index contributed by atoms with van der Waals surface area (Å²) in [6, 6.07) is 1.14. The number of carboxylic acids is 1. The average molecular weight is 440 g/mol.